The molecule has 20 heavy (non-hydrogen) atoms. The SMILES string of the molecule is O=C1CN(S(=O)(=O)c2cc(Br)ccc2[N+](=O)[O-])CCN1. The Morgan fingerprint density at radius 3 is 2.70 bits per heavy atom. The van der Waals surface area contributed by atoms with E-state index in [1.165, 1.54) is 12.1 Å². The molecule has 2 rings (SSSR count). The minimum atomic E-state index is -4.09. The topological polar surface area (TPSA) is 110 Å². The Morgan fingerprint density at radius 1 is 1.40 bits per heavy atom. The van der Waals surface area contributed by atoms with Crippen molar-refractivity contribution < 1.29 is 18.1 Å². The molecule has 1 amide bonds. The second-order valence-electron chi connectivity index (χ2n) is 4.06. The van der Waals surface area contributed by atoms with Gasteiger partial charge in [0.05, 0.1) is 11.5 Å². The minimum Gasteiger partial charge on any atom is -0.354 e. The van der Waals surface area contributed by atoms with Gasteiger partial charge < -0.3 is 5.32 Å². The summed E-state index contributed by atoms with van der Waals surface area (Å²) >= 11 is 3.09. The van der Waals surface area contributed by atoms with Gasteiger partial charge in [0.1, 0.15) is 0 Å². The van der Waals surface area contributed by atoms with Gasteiger partial charge in [0.15, 0.2) is 4.90 Å². The summed E-state index contributed by atoms with van der Waals surface area (Å²) in [5, 5.41) is 13.5. The molecule has 1 aliphatic rings. The van der Waals surface area contributed by atoms with E-state index in [-0.39, 0.29) is 19.6 Å². The Bertz CT molecular complexity index is 675. The lowest BCUT2D eigenvalue weighted by Crippen LogP contribution is -2.49. The largest absolute Gasteiger partial charge is 0.354 e. The first kappa shape index (κ1) is 14.9. The summed E-state index contributed by atoms with van der Waals surface area (Å²) in [4.78, 5) is 21.0. The van der Waals surface area contributed by atoms with E-state index in [2.05, 4.69) is 21.2 Å². The van der Waals surface area contributed by atoms with E-state index in [1.807, 2.05) is 0 Å². The number of amides is 1. The van der Waals surface area contributed by atoms with Crippen LogP contribution in [0.1, 0.15) is 0 Å². The molecule has 1 aromatic carbocycles. The fourth-order valence-electron chi connectivity index (χ4n) is 1.80. The molecule has 1 aliphatic heterocycles. The fourth-order valence-corrected chi connectivity index (χ4v) is 3.90. The molecule has 1 fully saturated rings. The number of carbonyl (C=O) groups is 1. The molecular weight excluding hydrogens is 354 g/mol. The molecule has 1 aromatic rings. The summed E-state index contributed by atoms with van der Waals surface area (Å²) in [5.41, 5.74) is -0.515. The summed E-state index contributed by atoms with van der Waals surface area (Å²) in [6.07, 6.45) is 0. The number of sulfonamides is 1. The second kappa shape index (κ2) is 5.46. The molecule has 8 nitrogen and oxygen atoms in total. The molecule has 0 atom stereocenters. The number of hydrogen-bond acceptors (Lipinski definition) is 5. The van der Waals surface area contributed by atoms with Crippen LogP contribution < -0.4 is 5.32 Å². The number of piperazine rings is 1. The highest BCUT2D eigenvalue weighted by molar-refractivity contribution is 9.10. The van der Waals surface area contributed by atoms with Crippen LogP contribution in [0.2, 0.25) is 0 Å². The van der Waals surface area contributed by atoms with Crippen LogP contribution >= 0.6 is 15.9 Å². The predicted octanol–water partition coefficient (Wildman–Crippen LogP) is 0.478. The van der Waals surface area contributed by atoms with Gasteiger partial charge in [-0.25, -0.2) is 8.42 Å². The molecule has 10 heteroatoms. The van der Waals surface area contributed by atoms with E-state index in [0.717, 1.165) is 10.4 Å². The second-order valence-corrected chi connectivity index (χ2v) is 6.88. The molecular formula is C10H10BrN3O5S. The van der Waals surface area contributed by atoms with Gasteiger partial charge in [0.2, 0.25) is 15.9 Å². The number of hydrogen-bond donors (Lipinski definition) is 1. The number of rotatable bonds is 3. The molecule has 0 radical (unpaired) electrons. The average Bonchev–Trinajstić information content (AvgIpc) is 2.38. The third-order valence-corrected chi connectivity index (χ3v) is 5.11. The highest BCUT2D eigenvalue weighted by Gasteiger charge is 2.34. The van der Waals surface area contributed by atoms with Gasteiger partial charge in [-0.05, 0) is 12.1 Å². The first-order valence-corrected chi connectivity index (χ1v) is 7.76. The molecule has 0 spiro atoms. The van der Waals surface area contributed by atoms with Crippen LogP contribution in [0.3, 0.4) is 0 Å². The maximum Gasteiger partial charge on any atom is 0.289 e. The molecule has 1 saturated heterocycles. The van der Waals surface area contributed by atoms with E-state index >= 15 is 0 Å². The third-order valence-electron chi connectivity index (χ3n) is 2.74. The average molecular weight is 364 g/mol. The molecule has 0 bridgehead atoms. The number of carbonyl (C=O) groups excluding carboxylic acids is 1. The fraction of sp³-hybridized carbons (Fsp3) is 0.300. The van der Waals surface area contributed by atoms with Crippen molar-refractivity contribution in [2.45, 2.75) is 4.90 Å². The monoisotopic (exact) mass is 363 g/mol. The van der Waals surface area contributed by atoms with Gasteiger partial charge in [-0.1, -0.05) is 15.9 Å². The zero-order valence-electron chi connectivity index (χ0n) is 10.1. The zero-order valence-corrected chi connectivity index (χ0v) is 12.5. The smallest absolute Gasteiger partial charge is 0.289 e. The maximum absolute atomic E-state index is 12.4. The van der Waals surface area contributed by atoms with E-state index in [1.54, 1.807) is 0 Å². The van der Waals surface area contributed by atoms with Crippen molar-refractivity contribution in [3.8, 4) is 0 Å². The van der Waals surface area contributed by atoms with E-state index in [4.69, 9.17) is 0 Å². The van der Waals surface area contributed by atoms with Crippen LogP contribution in [0.15, 0.2) is 27.6 Å². The van der Waals surface area contributed by atoms with Crippen LogP contribution in [0, 0.1) is 10.1 Å². The standard InChI is InChI=1S/C10H10BrN3O5S/c11-7-1-2-8(14(16)17)9(5-7)20(18,19)13-4-3-12-10(15)6-13/h1-2,5H,3-4,6H2,(H,12,15). The predicted molar refractivity (Wildman–Crippen MR) is 72.6 cm³/mol. The van der Waals surface area contributed by atoms with Crippen molar-refractivity contribution in [2.75, 3.05) is 19.6 Å². The number of nitro groups is 1. The van der Waals surface area contributed by atoms with Crippen molar-refractivity contribution in [3.63, 3.8) is 0 Å². The van der Waals surface area contributed by atoms with E-state index in [9.17, 15) is 23.3 Å². The van der Waals surface area contributed by atoms with Crippen molar-refractivity contribution in [1.82, 2.24) is 9.62 Å². The van der Waals surface area contributed by atoms with Crippen LogP contribution in [0.4, 0.5) is 5.69 Å². The van der Waals surface area contributed by atoms with Crippen molar-refractivity contribution in [1.29, 1.82) is 0 Å². The lowest BCUT2D eigenvalue weighted by molar-refractivity contribution is -0.387. The highest BCUT2D eigenvalue weighted by atomic mass is 79.9. The van der Waals surface area contributed by atoms with Gasteiger partial charge >= 0.3 is 0 Å². The van der Waals surface area contributed by atoms with Crippen LogP contribution in [-0.4, -0.2) is 43.2 Å². The quantitative estimate of drug-likeness (QED) is 0.620. The first-order chi connectivity index (χ1) is 9.32. The molecule has 1 N–H and O–H groups in total. The lowest BCUT2D eigenvalue weighted by Gasteiger charge is -2.25. The molecule has 0 aliphatic carbocycles. The molecule has 0 aromatic heterocycles. The maximum atomic E-state index is 12.4. The summed E-state index contributed by atoms with van der Waals surface area (Å²) < 4.78 is 26.2. The van der Waals surface area contributed by atoms with E-state index < -0.39 is 31.4 Å². The number of nitrogens with one attached hydrogen (secondary N) is 1. The van der Waals surface area contributed by atoms with E-state index in [0.29, 0.717) is 4.47 Å². The number of benzene rings is 1. The number of nitro benzene ring substituents is 1. The summed E-state index contributed by atoms with van der Waals surface area (Å²) in [6, 6.07) is 3.67. The summed E-state index contributed by atoms with van der Waals surface area (Å²) in [6.45, 7) is -0.0798. The number of halogens is 1. The zero-order chi connectivity index (χ0) is 14.9. The molecule has 108 valence electrons. The Hall–Kier alpha value is -1.52. The molecule has 0 saturated carbocycles. The van der Waals surface area contributed by atoms with Crippen LogP contribution in [-0.2, 0) is 14.8 Å². The third kappa shape index (κ3) is 2.81. The van der Waals surface area contributed by atoms with Gasteiger partial charge in [-0.2, -0.15) is 4.31 Å². The first-order valence-electron chi connectivity index (χ1n) is 5.53. The Morgan fingerprint density at radius 2 is 2.10 bits per heavy atom. The highest BCUT2D eigenvalue weighted by Crippen LogP contribution is 2.29. The normalized spacial score (nSPS) is 16.8. The Balaban J connectivity index is 2.51. The van der Waals surface area contributed by atoms with Crippen LogP contribution in [0.5, 0.6) is 0 Å². The Labute approximate surface area is 123 Å². The minimum absolute atomic E-state index is 0.0811. The van der Waals surface area contributed by atoms with Crippen molar-refractivity contribution >= 4 is 37.5 Å². The summed E-state index contributed by atoms with van der Waals surface area (Å²) in [5.74, 6) is -0.433. The lowest BCUT2D eigenvalue weighted by atomic mass is 10.3. The van der Waals surface area contributed by atoms with Gasteiger partial charge in [-0.15, -0.1) is 0 Å². The van der Waals surface area contributed by atoms with Gasteiger partial charge in [0.25, 0.3) is 5.69 Å². The van der Waals surface area contributed by atoms with Crippen molar-refractivity contribution in [2.24, 2.45) is 0 Å². The number of nitrogens with zero attached hydrogens (tertiary/aromatic N) is 2. The summed E-state index contributed by atoms with van der Waals surface area (Å²) in [7, 11) is -4.09. The molecule has 1 heterocycles. The van der Waals surface area contributed by atoms with Crippen LogP contribution in [0.25, 0.3) is 0 Å². The Kier molecular flexibility index (Phi) is 4.06. The van der Waals surface area contributed by atoms with Crippen molar-refractivity contribution in [3.05, 3.63) is 32.8 Å². The molecule has 0 unspecified atom stereocenters. The van der Waals surface area contributed by atoms with Gasteiger partial charge in [0, 0.05) is 23.6 Å². The van der Waals surface area contributed by atoms with Gasteiger partial charge in [-0.3, -0.25) is 14.9 Å².